The first-order chi connectivity index (χ1) is 14.0. The van der Waals surface area contributed by atoms with Gasteiger partial charge in [-0.15, -0.1) is 15.3 Å². The summed E-state index contributed by atoms with van der Waals surface area (Å²) in [5, 5.41) is 20.2. The van der Waals surface area contributed by atoms with Crippen LogP contribution < -0.4 is 5.32 Å². The molecule has 0 spiro atoms. The molecule has 4 rings (SSSR count). The summed E-state index contributed by atoms with van der Waals surface area (Å²) in [6.45, 7) is 1.79. The Morgan fingerprint density at radius 2 is 1.93 bits per heavy atom. The van der Waals surface area contributed by atoms with E-state index in [1.54, 1.807) is 30.1 Å². The molecule has 0 bridgehead atoms. The zero-order valence-electron chi connectivity index (χ0n) is 15.6. The van der Waals surface area contributed by atoms with Gasteiger partial charge in [-0.2, -0.15) is 0 Å². The molecule has 146 valence electrons. The smallest absolute Gasteiger partial charge is 0.278 e. The van der Waals surface area contributed by atoms with Gasteiger partial charge in [-0.05, 0) is 61.2 Å². The number of carbonyl (C=O) groups excluding carboxylic acids is 1. The van der Waals surface area contributed by atoms with Crippen LogP contribution in [0.5, 0.6) is 0 Å². The molecule has 2 heterocycles. The minimum atomic E-state index is -0.329. The van der Waals surface area contributed by atoms with Gasteiger partial charge in [0.2, 0.25) is 0 Å². The number of nitrogens with one attached hydrogen (secondary N) is 1. The first kappa shape index (κ1) is 19.2. The van der Waals surface area contributed by atoms with E-state index in [0.29, 0.717) is 16.4 Å². The largest absolute Gasteiger partial charge is 0.321 e. The Bertz CT molecular complexity index is 1170. The summed E-state index contributed by atoms with van der Waals surface area (Å²) in [5.41, 5.74) is 2.28. The molecule has 8 nitrogen and oxygen atoms in total. The molecule has 2 aromatic heterocycles. The van der Waals surface area contributed by atoms with Crippen molar-refractivity contribution in [3.05, 3.63) is 71.3 Å². The van der Waals surface area contributed by atoms with E-state index in [1.165, 1.54) is 11.8 Å². The molecule has 0 atom stereocenters. The standard InChI is InChI=1S/C19H16ClN7OS/c1-12-17(23-25-27(12)15-5-3-4-13(20)10-15)18(28)22-14-6-8-16(9-7-14)29-19-24-21-11-26(19)2/h3-11H,1-2H3,(H,22,28). The van der Waals surface area contributed by atoms with E-state index in [1.807, 2.05) is 48.0 Å². The van der Waals surface area contributed by atoms with Crippen LogP contribution in [0, 0.1) is 6.92 Å². The highest BCUT2D eigenvalue weighted by Gasteiger charge is 2.17. The summed E-state index contributed by atoms with van der Waals surface area (Å²) in [5.74, 6) is -0.329. The normalized spacial score (nSPS) is 10.9. The number of rotatable bonds is 5. The quantitative estimate of drug-likeness (QED) is 0.523. The predicted octanol–water partition coefficient (Wildman–Crippen LogP) is 3.76. The first-order valence-electron chi connectivity index (χ1n) is 8.63. The summed E-state index contributed by atoms with van der Waals surface area (Å²) < 4.78 is 3.42. The Hall–Kier alpha value is -3.17. The van der Waals surface area contributed by atoms with Crippen molar-refractivity contribution in [1.29, 1.82) is 0 Å². The fourth-order valence-electron chi connectivity index (χ4n) is 2.66. The second kappa shape index (κ2) is 8.06. The van der Waals surface area contributed by atoms with E-state index in [9.17, 15) is 4.79 Å². The number of anilines is 1. The fourth-order valence-corrected chi connectivity index (χ4v) is 3.61. The summed E-state index contributed by atoms with van der Waals surface area (Å²) in [6, 6.07) is 14.7. The van der Waals surface area contributed by atoms with Crippen LogP contribution in [0.15, 0.2) is 64.9 Å². The van der Waals surface area contributed by atoms with Crippen molar-refractivity contribution in [2.24, 2.45) is 7.05 Å². The van der Waals surface area contributed by atoms with Crippen LogP contribution in [0.2, 0.25) is 5.02 Å². The number of aromatic nitrogens is 6. The number of amides is 1. The molecular weight excluding hydrogens is 410 g/mol. The molecule has 10 heteroatoms. The minimum absolute atomic E-state index is 0.252. The maximum absolute atomic E-state index is 12.7. The maximum atomic E-state index is 12.7. The van der Waals surface area contributed by atoms with Crippen LogP contribution in [0.1, 0.15) is 16.2 Å². The van der Waals surface area contributed by atoms with Crippen LogP contribution in [0.4, 0.5) is 5.69 Å². The van der Waals surface area contributed by atoms with Crippen LogP contribution in [0.25, 0.3) is 5.69 Å². The fraction of sp³-hybridized carbons (Fsp3) is 0.105. The number of hydrogen-bond donors (Lipinski definition) is 1. The average Bonchev–Trinajstić information content (AvgIpc) is 3.29. The topological polar surface area (TPSA) is 90.5 Å². The van der Waals surface area contributed by atoms with Gasteiger partial charge in [-0.1, -0.05) is 22.9 Å². The van der Waals surface area contributed by atoms with Crippen molar-refractivity contribution >= 4 is 35.0 Å². The van der Waals surface area contributed by atoms with Gasteiger partial charge in [0, 0.05) is 22.7 Å². The summed E-state index contributed by atoms with van der Waals surface area (Å²) in [7, 11) is 1.88. The van der Waals surface area contributed by atoms with E-state index in [4.69, 9.17) is 11.6 Å². The van der Waals surface area contributed by atoms with Crippen molar-refractivity contribution in [2.75, 3.05) is 5.32 Å². The number of halogens is 1. The van der Waals surface area contributed by atoms with Crippen molar-refractivity contribution in [3.63, 3.8) is 0 Å². The molecule has 1 N–H and O–H groups in total. The zero-order chi connectivity index (χ0) is 20.4. The second-order valence-electron chi connectivity index (χ2n) is 6.22. The third-order valence-corrected chi connectivity index (χ3v) is 5.45. The predicted molar refractivity (Wildman–Crippen MR) is 111 cm³/mol. The third-order valence-electron chi connectivity index (χ3n) is 4.15. The first-order valence-corrected chi connectivity index (χ1v) is 9.82. The molecule has 0 unspecified atom stereocenters. The maximum Gasteiger partial charge on any atom is 0.278 e. The van der Waals surface area contributed by atoms with Gasteiger partial charge < -0.3 is 9.88 Å². The molecule has 2 aromatic carbocycles. The number of carbonyl (C=O) groups is 1. The molecule has 29 heavy (non-hydrogen) atoms. The molecule has 0 radical (unpaired) electrons. The van der Waals surface area contributed by atoms with Crippen LogP contribution in [-0.2, 0) is 7.05 Å². The van der Waals surface area contributed by atoms with Crippen LogP contribution in [0.3, 0.4) is 0 Å². The Morgan fingerprint density at radius 1 is 1.14 bits per heavy atom. The minimum Gasteiger partial charge on any atom is -0.321 e. The van der Waals surface area contributed by atoms with Crippen molar-refractivity contribution in [1.82, 2.24) is 29.8 Å². The Labute approximate surface area is 175 Å². The Morgan fingerprint density at radius 3 is 2.62 bits per heavy atom. The summed E-state index contributed by atoms with van der Waals surface area (Å²) in [6.07, 6.45) is 1.65. The second-order valence-corrected chi connectivity index (χ2v) is 7.70. The SMILES string of the molecule is Cc1c(C(=O)Nc2ccc(Sc3nncn3C)cc2)nnn1-c1cccc(Cl)c1. The van der Waals surface area contributed by atoms with Crippen LogP contribution >= 0.6 is 23.4 Å². The molecule has 0 saturated carbocycles. The number of benzene rings is 2. The van der Waals surface area contributed by atoms with Gasteiger partial charge in [0.15, 0.2) is 10.9 Å². The highest BCUT2D eigenvalue weighted by Crippen LogP contribution is 2.26. The van der Waals surface area contributed by atoms with Gasteiger partial charge in [-0.3, -0.25) is 4.79 Å². The van der Waals surface area contributed by atoms with Crippen LogP contribution in [-0.4, -0.2) is 35.7 Å². The molecule has 0 aliphatic heterocycles. The lowest BCUT2D eigenvalue weighted by Crippen LogP contribution is -2.14. The molecule has 0 aliphatic carbocycles. The Kier molecular flexibility index (Phi) is 5.32. The van der Waals surface area contributed by atoms with E-state index in [2.05, 4.69) is 25.8 Å². The lowest BCUT2D eigenvalue weighted by molar-refractivity contribution is 0.102. The number of hydrogen-bond acceptors (Lipinski definition) is 6. The summed E-state index contributed by atoms with van der Waals surface area (Å²) >= 11 is 7.53. The number of nitrogens with zero attached hydrogens (tertiary/aromatic N) is 6. The van der Waals surface area contributed by atoms with E-state index >= 15 is 0 Å². The van der Waals surface area contributed by atoms with Crippen molar-refractivity contribution in [3.8, 4) is 5.69 Å². The summed E-state index contributed by atoms with van der Waals surface area (Å²) in [4.78, 5) is 13.6. The van der Waals surface area contributed by atoms with Crippen molar-refractivity contribution in [2.45, 2.75) is 17.0 Å². The number of aryl methyl sites for hydroxylation is 1. The monoisotopic (exact) mass is 425 g/mol. The highest BCUT2D eigenvalue weighted by molar-refractivity contribution is 7.99. The van der Waals surface area contributed by atoms with Gasteiger partial charge in [0.1, 0.15) is 6.33 Å². The van der Waals surface area contributed by atoms with E-state index < -0.39 is 0 Å². The molecule has 1 amide bonds. The molecular formula is C19H16ClN7OS. The van der Waals surface area contributed by atoms with Gasteiger partial charge in [-0.25, -0.2) is 4.68 Å². The van der Waals surface area contributed by atoms with E-state index in [-0.39, 0.29) is 11.6 Å². The molecule has 0 fully saturated rings. The highest BCUT2D eigenvalue weighted by atomic mass is 35.5. The molecule has 0 aliphatic rings. The average molecular weight is 426 g/mol. The lowest BCUT2D eigenvalue weighted by Gasteiger charge is -2.06. The zero-order valence-corrected chi connectivity index (χ0v) is 17.1. The van der Waals surface area contributed by atoms with Gasteiger partial charge >= 0.3 is 0 Å². The Balaban J connectivity index is 1.48. The van der Waals surface area contributed by atoms with Gasteiger partial charge in [0.05, 0.1) is 11.4 Å². The molecule has 4 aromatic rings. The van der Waals surface area contributed by atoms with E-state index in [0.717, 1.165) is 15.7 Å². The third kappa shape index (κ3) is 4.15. The van der Waals surface area contributed by atoms with Gasteiger partial charge in [0.25, 0.3) is 5.91 Å². The lowest BCUT2D eigenvalue weighted by atomic mass is 10.2. The molecule has 0 saturated heterocycles. The van der Waals surface area contributed by atoms with Crippen molar-refractivity contribution < 1.29 is 4.79 Å².